The fourth-order valence-electron chi connectivity index (χ4n) is 3.43. The van der Waals surface area contributed by atoms with Gasteiger partial charge in [0.2, 0.25) is 0 Å². The van der Waals surface area contributed by atoms with E-state index in [2.05, 4.69) is 20.2 Å². The molecule has 21 heavy (non-hydrogen) atoms. The Morgan fingerprint density at radius 3 is 3.00 bits per heavy atom. The van der Waals surface area contributed by atoms with Crippen molar-refractivity contribution in [2.24, 2.45) is 5.92 Å². The highest BCUT2D eigenvalue weighted by Crippen LogP contribution is 2.37. The van der Waals surface area contributed by atoms with Gasteiger partial charge in [-0.05, 0) is 25.2 Å². The Bertz CT molecular complexity index is 520. The average molecular weight is 288 g/mol. The molecule has 1 saturated carbocycles. The molecule has 1 aromatic heterocycles. The molecule has 3 fully saturated rings. The normalized spacial score (nSPS) is 32.7. The smallest absolute Gasteiger partial charge is 0.271 e. The van der Waals surface area contributed by atoms with E-state index in [0.29, 0.717) is 17.8 Å². The molecule has 6 nitrogen and oxygen atoms in total. The summed E-state index contributed by atoms with van der Waals surface area (Å²) in [6, 6.07) is 0.637. The van der Waals surface area contributed by atoms with Gasteiger partial charge in [-0.2, -0.15) is 0 Å². The SMILES string of the molecule is O=C(N[C@@H]1C[C@H]2CO[C@@H](C3CC3)CN2C1)c1cnccn1. The lowest BCUT2D eigenvalue weighted by molar-refractivity contribution is -0.0581. The van der Waals surface area contributed by atoms with Crippen molar-refractivity contribution in [1.29, 1.82) is 0 Å². The zero-order valence-corrected chi connectivity index (χ0v) is 11.9. The molecule has 1 aliphatic carbocycles. The van der Waals surface area contributed by atoms with Crippen LogP contribution in [0.4, 0.5) is 0 Å². The van der Waals surface area contributed by atoms with E-state index in [9.17, 15) is 4.79 Å². The predicted octanol–water partition coefficient (Wildman–Crippen LogP) is 0.458. The summed E-state index contributed by atoms with van der Waals surface area (Å²) in [7, 11) is 0. The molecule has 3 heterocycles. The maximum Gasteiger partial charge on any atom is 0.271 e. The largest absolute Gasteiger partial charge is 0.375 e. The molecular formula is C15H20N4O2. The summed E-state index contributed by atoms with van der Waals surface area (Å²) in [5.41, 5.74) is 0.384. The standard InChI is InChI=1S/C15H20N4O2/c20-15(13-6-16-3-4-17-13)18-11-5-12-9-21-14(10-1-2-10)8-19(12)7-11/h3-4,6,10-12,14H,1-2,5,7-9H2,(H,18,20)/t11-,12+,14-/m1/s1. The summed E-state index contributed by atoms with van der Waals surface area (Å²) in [6.45, 7) is 2.74. The first-order chi connectivity index (χ1) is 10.3. The molecule has 6 heteroatoms. The van der Waals surface area contributed by atoms with Crippen molar-refractivity contribution >= 4 is 5.91 Å². The van der Waals surface area contributed by atoms with E-state index in [1.807, 2.05) is 0 Å². The quantitative estimate of drug-likeness (QED) is 0.875. The molecule has 1 aromatic rings. The first kappa shape index (κ1) is 13.2. The molecule has 3 atom stereocenters. The van der Waals surface area contributed by atoms with E-state index in [-0.39, 0.29) is 11.9 Å². The van der Waals surface area contributed by atoms with E-state index in [1.54, 1.807) is 12.4 Å². The molecule has 0 unspecified atom stereocenters. The molecule has 1 N–H and O–H groups in total. The minimum absolute atomic E-state index is 0.132. The summed E-state index contributed by atoms with van der Waals surface area (Å²) in [4.78, 5) is 22.6. The lowest BCUT2D eigenvalue weighted by Crippen LogP contribution is -2.47. The molecule has 2 saturated heterocycles. The van der Waals surface area contributed by atoms with Crippen LogP contribution in [0, 0.1) is 5.92 Å². The van der Waals surface area contributed by atoms with Gasteiger partial charge in [0.15, 0.2) is 0 Å². The number of hydrogen-bond acceptors (Lipinski definition) is 5. The van der Waals surface area contributed by atoms with Crippen LogP contribution < -0.4 is 5.32 Å². The lowest BCUT2D eigenvalue weighted by Gasteiger charge is -2.35. The molecule has 2 aliphatic heterocycles. The van der Waals surface area contributed by atoms with Gasteiger partial charge in [0.05, 0.1) is 18.9 Å². The number of amides is 1. The first-order valence-electron chi connectivity index (χ1n) is 7.72. The van der Waals surface area contributed by atoms with Crippen molar-refractivity contribution < 1.29 is 9.53 Å². The van der Waals surface area contributed by atoms with Crippen molar-refractivity contribution in [3.8, 4) is 0 Å². The first-order valence-corrected chi connectivity index (χ1v) is 7.72. The fraction of sp³-hybridized carbons (Fsp3) is 0.667. The summed E-state index contributed by atoms with van der Waals surface area (Å²) in [5, 5.41) is 3.07. The van der Waals surface area contributed by atoms with E-state index < -0.39 is 0 Å². The molecule has 0 aromatic carbocycles. The van der Waals surface area contributed by atoms with Crippen LogP contribution in [0.25, 0.3) is 0 Å². The lowest BCUT2D eigenvalue weighted by atomic mass is 10.1. The highest BCUT2D eigenvalue weighted by atomic mass is 16.5. The van der Waals surface area contributed by atoms with Crippen LogP contribution in [0.3, 0.4) is 0 Å². The second-order valence-corrected chi connectivity index (χ2v) is 6.31. The number of nitrogens with zero attached hydrogens (tertiary/aromatic N) is 3. The third-order valence-electron chi connectivity index (χ3n) is 4.72. The highest BCUT2D eigenvalue weighted by molar-refractivity contribution is 5.92. The van der Waals surface area contributed by atoms with E-state index in [0.717, 1.165) is 32.0 Å². The van der Waals surface area contributed by atoms with Gasteiger partial charge in [0.25, 0.3) is 5.91 Å². The fourth-order valence-corrected chi connectivity index (χ4v) is 3.43. The minimum atomic E-state index is -0.132. The van der Waals surface area contributed by atoms with Gasteiger partial charge in [-0.15, -0.1) is 0 Å². The van der Waals surface area contributed by atoms with Crippen LogP contribution in [0.2, 0.25) is 0 Å². The summed E-state index contributed by atoms with van der Waals surface area (Å²) >= 11 is 0. The van der Waals surface area contributed by atoms with Gasteiger partial charge in [-0.1, -0.05) is 0 Å². The van der Waals surface area contributed by atoms with Gasteiger partial charge >= 0.3 is 0 Å². The monoisotopic (exact) mass is 288 g/mol. The van der Waals surface area contributed by atoms with Crippen LogP contribution in [0.5, 0.6) is 0 Å². The summed E-state index contributed by atoms with van der Waals surface area (Å²) in [6.07, 6.45) is 8.62. The molecule has 0 bridgehead atoms. The predicted molar refractivity (Wildman–Crippen MR) is 75.7 cm³/mol. The number of rotatable bonds is 3. The Morgan fingerprint density at radius 1 is 1.33 bits per heavy atom. The van der Waals surface area contributed by atoms with E-state index in [4.69, 9.17) is 4.74 Å². The Hall–Kier alpha value is -1.53. The van der Waals surface area contributed by atoms with Gasteiger partial charge in [-0.3, -0.25) is 14.7 Å². The topological polar surface area (TPSA) is 67.3 Å². The van der Waals surface area contributed by atoms with Crippen LogP contribution in [-0.4, -0.2) is 58.7 Å². The van der Waals surface area contributed by atoms with Crippen molar-refractivity contribution in [3.05, 3.63) is 24.3 Å². The number of fused-ring (bicyclic) bond motifs is 1. The molecule has 3 aliphatic rings. The third-order valence-corrected chi connectivity index (χ3v) is 4.72. The van der Waals surface area contributed by atoms with Crippen LogP contribution in [0.1, 0.15) is 29.8 Å². The van der Waals surface area contributed by atoms with Crippen molar-refractivity contribution in [1.82, 2.24) is 20.2 Å². The third kappa shape index (κ3) is 2.78. The molecule has 0 spiro atoms. The molecule has 112 valence electrons. The Balaban J connectivity index is 1.35. The van der Waals surface area contributed by atoms with E-state index in [1.165, 1.54) is 19.0 Å². The zero-order chi connectivity index (χ0) is 14.2. The highest BCUT2D eigenvalue weighted by Gasteiger charge is 2.42. The van der Waals surface area contributed by atoms with Crippen LogP contribution in [-0.2, 0) is 4.74 Å². The van der Waals surface area contributed by atoms with Gasteiger partial charge in [-0.25, -0.2) is 4.98 Å². The Labute approximate surface area is 123 Å². The van der Waals surface area contributed by atoms with Gasteiger partial charge in [0, 0.05) is 37.6 Å². The van der Waals surface area contributed by atoms with Crippen LogP contribution in [0.15, 0.2) is 18.6 Å². The number of hydrogen-bond donors (Lipinski definition) is 1. The number of aromatic nitrogens is 2. The number of nitrogens with one attached hydrogen (secondary N) is 1. The Morgan fingerprint density at radius 2 is 2.24 bits per heavy atom. The summed E-state index contributed by atoms with van der Waals surface area (Å²) in [5.74, 6) is 0.645. The second-order valence-electron chi connectivity index (χ2n) is 6.31. The van der Waals surface area contributed by atoms with E-state index >= 15 is 0 Å². The number of morpholine rings is 1. The van der Waals surface area contributed by atoms with Gasteiger partial charge < -0.3 is 10.1 Å². The number of carbonyl (C=O) groups is 1. The Kier molecular flexibility index (Phi) is 3.35. The van der Waals surface area contributed by atoms with Crippen molar-refractivity contribution in [3.63, 3.8) is 0 Å². The second kappa shape index (κ2) is 5.35. The summed E-state index contributed by atoms with van der Waals surface area (Å²) < 4.78 is 5.98. The maximum atomic E-state index is 12.1. The molecular weight excluding hydrogens is 268 g/mol. The molecule has 0 radical (unpaired) electrons. The average Bonchev–Trinajstić information content (AvgIpc) is 3.28. The van der Waals surface area contributed by atoms with Crippen molar-refractivity contribution in [2.45, 2.75) is 37.5 Å². The van der Waals surface area contributed by atoms with Crippen LogP contribution >= 0.6 is 0 Å². The zero-order valence-electron chi connectivity index (χ0n) is 11.9. The maximum absolute atomic E-state index is 12.1. The molecule has 1 amide bonds. The molecule has 4 rings (SSSR count). The minimum Gasteiger partial charge on any atom is -0.375 e. The number of carbonyl (C=O) groups excluding carboxylic acids is 1. The van der Waals surface area contributed by atoms with Crippen molar-refractivity contribution in [2.75, 3.05) is 19.7 Å². The van der Waals surface area contributed by atoms with Gasteiger partial charge in [0.1, 0.15) is 5.69 Å². The number of ether oxygens (including phenoxy) is 1.